The molecule has 3 N–H and O–H groups in total. The Morgan fingerprint density at radius 2 is 1.94 bits per heavy atom. The van der Waals surface area contributed by atoms with Crippen molar-refractivity contribution in [3.63, 3.8) is 0 Å². The molecule has 2 aromatic rings. The van der Waals surface area contributed by atoms with E-state index in [2.05, 4.69) is 0 Å². The molecule has 4 heteroatoms. The van der Waals surface area contributed by atoms with E-state index in [1.807, 2.05) is 17.5 Å². The minimum atomic E-state index is -0.634. The quantitative estimate of drug-likeness (QED) is 0.877. The van der Waals surface area contributed by atoms with Gasteiger partial charge < -0.3 is 10.8 Å². The minimum Gasteiger partial charge on any atom is -0.387 e. The Hall–Kier alpha value is -1.23. The Bertz CT molecular complexity index is 455. The molecule has 1 heterocycles. The number of rotatable bonds is 4. The van der Waals surface area contributed by atoms with Crippen LogP contribution in [0.5, 0.6) is 0 Å². The van der Waals surface area contributed by atoms with Gasteiger partial charge in [0.05, 0.1) is 6.10 Å². The highest BCUT2D eigenvalue weighted by molar-refractivity contribution is 7.10. The lowest BCUT2D eigenvalue weighted by Crippen LogP contribution is -2.19. The van der Waals surface area contributed by atoms with Gasteiger partial charge in [-0.15, -0.1) is 11.3 Å². The molecule has 2 unspecified atom stereocenters. The van der Waals surface area contributed by atoms with Crippen molar-refractivity contribution >= 4 is 11.3 Å². The predicted molar refractivity (Wildman–Crippen MR) is 67.5 cm³/mol. The Morgan fingerprint density at radius 3 is 2.47 bits per heavy atom. The molecule has 0 fully saturated rings. The van der Waals surface area contributed by atoms with Crippen LogP contribution >= 0.6 is 11.3 Å². The maximum absolute atomic E-state index is 12.8. The molecular weight excluding hydrogens is 237 g/mol. The van der Waals surface area contributed by atoms with E-state index in [1.54, 1.807) is 12.1 Å². The summed E-state index contributed by atoms with van der Waals surface area (Å²) in [5.41, 5.74) is 6.56. The molecule has 0 bridgehead atoms. The molecule has 0 spiro atoms. The van der Waals surface area contributed by atoms with E-state index < -0.39 is 6.10 Å². The van der Waals surface area contributed by atoms with Crippen molar-refractivity contribution in [2.24, 2.45) is 5.73 Å². The van der Waals surface area contributed by atoms with Gasteiger partial charge in [-0.2, -0.15) is 0 Å². The lowest BCUT2D eigenvalue weighted by atomic mass is 9.92. The van der Waals surface area contributed by atoms with E-state index in [4.69, 9.17) is 5.73 Å². The zero-order valence-corrected chi connectivity index (χ0v) is 10.0. The molecule has 2 atom stereocenters. The predicted octanol–water partition coefficient (Wildman–Crippen LogP) is 2.66. The van der Waals surface area contributed by atoms with E-state index in [9.17, 15) is 9.50 Å². The first-order chi connectivity index (χ1) is 8.22. The molecule has 1 aromatic heterocycles. The smallest absolute Gasteiger partial charge is 0.123 e. The van der Waals surface area contributed by atoms with Gasteiger partial charge >= 0.3 is 0 Å². The highest BCUT2D eigenvalue weighted by Crippen LogP contribution is 2.32. The van der Waals surface area contributed by atoms with Crippen molar-refractivity contribution in [3.8, 4) is 0 Å². The molecule has 1 aromatic carbocycles. The molecule has 90 valence electrons. The van der Waals surface area contributed by atoms with Gasteiger partial charge in [0.25, 0.3) is 0 Å². The normalized spacial score (nSPS) is 14.5. The van der Waals surface area contributed by atoms with Crippen molar-refractivity contribution in [1.82, 2.24) is 0 Å². The molecule has 0 radical (unpaired) electrons. The topological polar surface area (TPSA) is 46.2 Å². The Balaban J connectivity index is 2.24. The molecule has 0 saturated carbocycles. The van der Waals surface area contributed by atoms with Crippen molar-refractivity contribution in [2.45, 2.75) is 12.0 Å². The van der Waals surface area contributed by atoms with E-state index in [1.165, 1.54) is 23.5 Å². The van der Waals surface area contributed by atoms with Crippen LogP contribution in [-0.2, 0) is 0 Å². The Morgan fingerprint density at radius 1 is 1.24 bits per heavy atom. The summed E-state index contributed by atoms with van der Waals surface area (Å²) in [7, 11) is 0. The summed E-state index contributed by atoms with van der Waals surface area (Å²) in [5.74, 6) is -0.482. The van der Waals surface area contributed by atoms with Crippen molar-refractivity contribution < 1.29 is 9.50 Å². The molecular formula is C13H14FNOS. The maximum Gasteiger partial charge on any atom is 0.123 e. The van der Waals surface area contributed by atoms with Crippen molar-refractivity contribution in [1.29, 1.82) is 0 Å². The summed E-state index contributed by atoms with van der Waals surface area (Å²) in [4.78, 5) is 0.879. The van der Waals surface area contributed by atoms with Gasteiger partial charge in [-0.1, -0.05) is 18.2 Å². The first-order valence-electron chi connectivity index (χ1n) is 5.39. The molecule has 0 aliphatic carbocycles. The van der Waals surface area contributed by atoms with Gasteiger partial charge in [-0.25, -0.2) is 4.39 Å². The minimum absolute atomic E-state index is 0.200. The second-order valence-corrected chi connectivity index (χ2v) is 4.83. The number of benzene rings is 1. The fourth-order valence-electron chi connectivity index (χ4n) is 1.82. The number of hydrogen-bond donors (Lipinski definition) is 2. The first kappa shape index (κ1) is 12.2. The lowest BCUT2D eigenvalue weighted by Gasteiger charge is -2.20. The number of nitrogens with two attached hydrogens (primary N) is 1. The van der Waals surface area contributed by atoms with Crippen LogP contribution in [0.1, 0.15) is 22.5 Å². The van der Waals surface area contributed by atoms with Crippen molar-refractivity contribution in [2.75, 3.05) is 6.54 Å². The van der Waals surface area contributed by atoms with Gasteiger partial charge in [0, 0.05) is 17.3 Å². The molecule has 0 saturated heterocycles. The van der Waals surface area contributed by atoms with Gasteiger partial charge in [0.15, 0.2) is 0 Å². The van der Waals surface area contributed by atoms with Crippen LogP contribution in [0, 0.1) is 5.82 Å². The van der Waals surface area contributed by atoms with Crippen LogP contribution in [0.2, 0.25) is 0 Å². The van der Waals surface area contributed by atoms with Gasteiger partial charge in [0.2, 0.25) is 0 Å². The molecule has 17 heavy (non-hydrogen) atoms. The van der Waals surface area contributed by atoms with Crippen LogP contribution in [0.4, 0.5) is 4.39 Å². The number of hydrogen-bond acceptors (Lipinski definition) is 3. The fraction of sp³-hybridized carbons (Fsp3) is 0.231. The zero-order chi connectivity index (χ0) is 12.3. The van der Waals surface area contributed by atoms with Crippen LogP contribution in [-0.4, -0.2) is 11.7 Å². The zero-order valence-electron chi connectivity index (χ0n) is 9.21. The summed E-state index contributed by atoms with van der Waals surface area (Å²) < 4.78 is 12.8. The Labute approximate surface area is 104 Å². The highest BCUT2D eigenvalue weighted by atomic mass is 32.1. The summed E-state index contributed by atoms with van der Waals surface area (Å²) in [5, 5.41) is 12.1. The second-order valence-electron chi connectivity index (χ2n) is 3.85. The fourth-order valence-corrected chi connectivity index (χ4v) is 2.59. The van der Waals surface area contributed by atoms with E-state index >= 15 is 0 Å². The van der Waals surface area contributed by atoms with Gasteiger partial charge in [-0.3, -0.25) is 0 Å². The standard InChI is InChI=1S/C13H14FNOS/c14-10-5-3-9(4-6-10)11(8-15)13(16)12-2-1-7-17-12/h1-7,11,13,16H,8,15H2. The number of halogens is 1. The Kier molecular flexibility index (Phi) is 3.89. The second kappa shape index (κ2) is 5.40. The van der Waals surface area contributed by atoms with Crippen LogP contribution in [0.15, 0.2) is 41.8 Å². The summed E-state index contributed by atoms with van der Waals surface area (Å²) in [6, 6.07) is 9.88. The third kappa shape index (κ3) is 2.72. The molecule has 0 amide bonds. The number of aliphatic hydroxyl groups is 1. The molecule has 2 rings (SSSR count). The maximum atomic E-state index is 12.8. The van der Waals surface area contributed by atoms with Crippen LogP contribution in [0.3, 0.4) is 0 Å². The number of thiophene rings is 1. The number of aliphatic hydroxyl groups excluding tert-OH is 1. The third-order valence-electron chi connectivity index (χ3n) is 2.77. The highest BCUT2D eigenvalue weighted by Gasteiger charge is 2.22. The van der Waals surface area contributed by atoms with Gasteiger partial charge in [0.1, 0.15) is 5.82 Å². The molecule has 0 aliphatic heterocycles. The van der Waals surface area contributed by atoms with E-state index in [0.717, 1.165) is 10.4 Å². The average molecular weight is 251 g/mol. The monoisotopic (exact) mass is 251 g/mol. The largest absolute Gasteiger partial charge is 0.387 e. The molecule has 2 nitrogen and oxygen atoms in total. The third-order valence-corrected chi connectivity index (χ3v) is 3.71. The SMILES string of the molecule is NCC(c1ccc(F)cc1)C(O)c1cccs1. The van der Waals surface area contributed by atoms with E-state index in [0.29, 0.717) is 6.54 Å². The lowest BCUT2D eigenvalue weighted by molar-refractivity contribution is 0.151. The summed E-state index contributed by atoms with van der Waals surface area (Å²) in [6.07, 6.45) is -0.634. The van der Waals surface area contributed by atoms with Crippen LogP contribution in [0.25, 0.3) is 0 Å². The summed E-state index contributed by atoms with van der Waals surface area (Å²) in [6.45, 7) is 0.324. The van der Waals surface area contributed by atoms with Crippen LogP contribution < -0.4 is 5.73 Å². The van der Waals surface area contributed by atoms with E-state index in [-0.39, 0.29) is 11.7 Å². The average Bonchev–Trinajstić information content (AvgIpc) is 2.86. The van der Waals surface area contributed by atoms with Gasteiger partial charge in [-0.05, 0) is 29.1 Å². The van der Waals surface area contributed by atoms with Crippen molar-refractivity contribution in [3.05, 3.63) is 58.0 Å². The molecule has 0 aliphatic rings. The first-order valence-corrected chi connectivity index (χ1v) is 6.27. The summed E-state index contributed by atoms with van der Waals surface area (Å²) >= 11 is 1.49.